The van der Waals surface area contributed by atoms with E-state index in [4.69, 9.17) is 4.52 Å². The number of hydrogen-bond donors (Lipinski definition) is 1. The zero-order chi connectivity index (χ0) is 10.5. The fourth-order valence-corrected chi connectivity index (χ4v) is 1.94. The number of aromatic nitrogens is 2. The predicted molar refractivity (Wildman–Crippen MR) is 57.8 cm³/mol. The van der Waals surface area contributed by atoms with Crippen LogP contribution in [0.3, 0.4) is 0 Å². The molecule has 1 saturated heterocycles. The molecule has 1 fully saturated rings. The van der Waals surface area contributed by atoms with Crippen LogP contribution in [0.5, 0.6) is 0 Å². The second-order valence-corrected chi connectivity index (χ2v) is 4.19. The van der Waals surface area contributed by atoms with Crippen molar-refractivity contribution in [3.63, 3.8) is 0 Å². The highest BCUT2D eigenvalue weighted by atomic mass is 16.5. The first-order chi connectivity index (χ1) is 7.40. The number of rotatable bonds is 4. The number of unbranched alkanes of at least 4 members (excludes halogenated alkanes) is 1. The Hall–Kier alpha value is -0.900. The van der Waals surface area contributed by atoms with Crippen LogP contribution in [-0.4, -0.2) is 23.2 Å². The van der Waals surface area contributed by atoms with E-state index in [2.05, 4.69) is 22.4 Å². The molecule has 1 N–H and O–H groups in total. The average Bonchev–Trinajstić information content (AvgIpc) is 2.76. The van der Waals surface area contributed by atoms with Gasteiger partial charge in [-0.2, -0.15) is 4.98 Å². The summed E-state index contributed by atoms with van der Waals surface area (Å²) in [4.78, 5) is 4.45. The minimum atomic E-state index is 0.456. The third kappa shape index (κ3) is 2.78. The molecule has 4 heteroatoms. The van der Waals surface area contributed by atoms with Crippen molar-refractivity contribution >= 4 is 0 Å². The molecule has 4 nitrogen and oxygen atoms in total. The Morgan fingerprint density at radius 3 is 3.20 bits per heavy atom. The van der Waals surface area contributed by atoms with Gasteiger partial charge in [0.1, 0.15) is 0 Å². The molecule has 1 aromatic rings. The van der Waals surface area contributed by atoms with Crippen LogP contribution >= 0.6 is 0 Å². The second kappa shape index (κ2) is 5.26. The molecule has 15 heavy (non-hydrogen) atoms. The molecule has 1 aliphatic heterocycles. The van der Waals surface area contributed by atoms with Crippen molar-refractivity contribution in [3.8, 4) is 0 Å². The molecule has 0 radical (unpaired) electrons. The Morgan fingerprint density at radius 2 is 2.47 bits per heavy atom. The summed E-state index contributed by atoms with van der Waals surface area (Å²) in [6, 6.07) is 0. The Bertz CT molecular complexity index is 292. The lowest BCUT2D eigenvalue weighted by atomic mass is 9.99. The van der Waals surface area contributed by atoms with Crippen LogP contribution < -0.4 is 5.32 Å². The van der Waals surface area contributed by atoms with Crippen LogP contribution in [0.2, 0.25) is 0 Å². The minimum absolute atomic E-state index is 0.456. The van der Waals surface area contributed by atoms with Gasteiger partial charge in [0.15, 0.2) is 5.82 Å². The number of nitrogens with zero attached hydrogens (tertiary/aromatic N) is 2. The molecule has 1 atom stereocenters. The lowest BCUT2D eigenvalue weighted by Crippen LogP contribution is -2.28. The maximum Gasteiger partial charge on any atom is 0.226 e. The van der Waals surface area contributed by atoms with E-state index >= 15 is 0 Å². The number of nitrogens with one attached hydrogen (secondary N) is 1. The second-order valence-electron chi connectivity index (χ2n) is 4.19. The van der Waals surface area contributed by atoms with E-state index < -0.39 is 0 Å². The number of hydrogen-bond acceptors (Lipinski definition) is 4. The first-order valence-electron chi connectivity index (χ1n) is 5.93. The average molecular weight is 209 g/mol. The van der Waals surface area contributed by atoms with Gasteiger partial charge in [-0.05, 0) is 25.8 Å². The Morgan fingerprint density at radius 1 is 1.53 bits per heavy atom. The standard InChI is InChI=1S/C11H19N3O/c1-2-3-6-10-13-11(14-15-10)9-5-4-7-12-8-9/h9,12H,2-8H2,1H3. The first kappa shape index (κ1) is 10.6. The Balaban J connectivity index is 1.93. The van der Waals surface area contributed by atoms with E-state index in [9.17, 15) is 0 Å². The minimum Gasteiger partial charge on any atom is -0.339 e. The first-order valence-corrected chi connectivity index (χ1v) is 5.93. The van der Waals surface area contributed by atoms with Crippen LogP contribution in [0.1, 0.15) is 50.2 Å². The van der Waals surface area contributed by atoms with E-state index in [0.29, 0.717) is 5.92 Å². The Labute approximate surface area is 90.4 Å². The molecule has 0 saturated carbocycles. The maximum atomic E-state index is 5.23. The normalized spacial score (nSPS) is 21.8. The molecular formula is C11H19N3O. The van der Waals surface area contributed by atoms with E-state index in [1.165, 1.54) is 19.3 Å². The quantitative estimate of drug-likeness (QED) is 0.822. The number of piperidine rings is 1. The molecule has 84 valence electrons. The molecule has 0 aromatic carbocycles. The van der Waals surface area contributed by atoms with Gasteiger partial charge in [0, 0.05) is 18.9 Å². The molecular weight excluding hydrogens is 190 g/mol. The molecule has 2 heterocycles. The summed E-state index contributed by atoms with van der Waals surface area (Å²) in [5.74, 6) is 2.16. The highest BCUT2D eigenvalue weighted by Gasteiger charge is 2.20. The van der Waals surface area contributed by atoms with E-state index in [-0.39, 0.29) is 0 Å². The van der Waals surface area contributed by atoms with Gasteiger partial charge in [-0.25, -0.2) is 0 Å². The molecule has 2 rings (SSSR count). The molecule has 0 bridgehead atoms. The molecule has 0 spiro atoms. The molecule has 1 aromatic heterocycles. The summed E-state index contributed by atoms with van der Waals surface area (Å²) >= 11 is 0. The van der Waals surface area contributed by atoms with Crippen molar-refractivity contribution in [2.24, 2.45) is 0 Å². The zero-order valence-corrected chi connectivity index (χ0v) is 9.33. The summed E-state index contributed by atoms with van der Waals surface area (Å²) in [5.41, 5.74) is 0. The van der Waals surface area contributed by atoms with Gasteiger partial charge in [0.05, 0.1) is 0 Å². The summed E-state index contributed by atoms with van der Waals surface area (Å²) < 4.78 is 5.23. The third-order valence-corrected chi connectivity index (χ3v) is 2.89. The smallest absolute Gasteiger partial charge is 0.226 e. The predicted octanol–water partition coefficient (Wildman–Crippen LogP) is 1.88. The van der Waals surface area contributed by atoms with Gasteiger partial charge in [0.25, 0.3) is 0 Å². The summed E-state index contributed by atoms with van der Waals surface area (Å²) in [6.07, 6.45) is 5.61. The molecule has 0 amide bonds. The fraction of sp³-hybridized carbons (Fsp3) is 0.818. The lowest BCUT2D eigenvalue weighted by Gasteiger charge is -2.19. The van der Waals surface area contributed by atoms with Crippen molar-refractivity contribution in [3.05, 3.63) is 11.7 Å². The SMILES string of the molecule is CCCCc1nc(C2CCCNC2)no1. The van der Waals surface area contributed by atoms with Crippen LogP contribution in [0.15, 0.2) is 4.52 Å². The van der Waals surface area contributed by atoms with Crippen molar-refractivity contribution in [2.45, 2.75) is 44.9 Å². The van der Waals surface area contributed by atoms with E-state index in [0.717, 1.165) is 37.6 Å². The zero-order valence-electron chi connectivity index (χ0n) is 9.33. The van der Waals surface area contributed by atoms with Gasteiger partial charge in [-0.3, -0.25) is 0 Å². The summed E-state index contributed by atoms with van der Waals surface area (Å²) in [7, 11) is 0. The van der Waals surface area contributed by atoms with Crippen LogP contribution in [0.25, 0.3) is 0 Å². The van der Waals surface area contributed by atoms with Crippen molar-refractivity contribution in [1.29, 1.82) is 0 Å². The highest BCUT2D eigenvalue weighted by molar-refractivity contribution is 4.98. The van der Waals surface area contributed by atoms with E-state index in [1.807, 2.05) is 0 Å². The van der Waals surface area contributed by atoms with Gasteiger partial charge >= 0.3 is 0 Å². The topological polar surface area (TPSA) is 51.0 Å². The van der Waals surface area contributed by atoms with Gasteiger partial charge in [-0.1, -0.05) is 18.5 Å². The Kier molecular flexibility index (Phi) is 3.72. The van der Waals surface area contributed by atoms with Gasteiger partial charge in [-0.15, -0.1) is 0 Å². The largest absolute Gasteiger partial charge is 0.339 e. The maximum absolute atomic E-state index is 5.23. The third-order valence-electron chi connectivity index (χ3n) is 2.89. The van der Waals surface area contributed by atoms with Crippen LogP contribution in [0, 0.1) is 0 Å². The lowest BCUT2D eigenvalue weighted by molar-refractivity contribution is 0.359. The van der Waals surface area contributed by atoms with E-state index in [1.54, 1.807) is 0 Å². The number of aryl methyl sites for hydroxylation is 1. The van der Waals surface area contributed by atoms with Gasteiger partial charge < -0.3 is 9.84 Å². The van der Waals surface area contributed by atoms with Crippen LogP contribution in [-0.2, 0) is 6.42 Å². The monoisotopic (exact) mass is 209 g/mol. The van der Waals surface area contributed by atoms with Gasteiger partial charge in [0.2, 0.25) is 5.89 Å². The van der Waals surface area contributed by atoms with Crippen molar-refractivity contribution in [2.75, 3.05) is 13.1 Å². The molecule has 1 unspecified atom stereocenters. The molecule has 0 aliphatic carbocycles. The highest BCUT2D eigenvalue weighted by Crippen LogP contribution is 2.20. The molecule has 1 aliphatic rings. The summed E-state index contributed by atoms with van der Waals surface area (Å²) in [6.45, 7) is 4.28. The van der Waals surface area contributed by atoms with Crippen LogP contribution in [0.4, 0.5) is 0 Å². The fourth-order valence-electron chi connectivity index (χ4n) is 1.94. The summed E-state index contributed by atoms with van der Waals surface area (Å²) in [5, 5.41) is 7.43. The van der Waals surface area contributed by atoms with Crippen molar-refractivity contribution in [1.82, 2.24) is 15.5 Å². The van der Waals surface area contributed by atoms with Crippen molar-refractivity contribution < 1.29 is 4.52 Å².